The molecule has 9 rings (SSSR count). The number of hydrogen-bond acceptors (Lipinski definition) is 6. The summed E-state index contributed by atoms with van der Waals surface area (Å²) in [5.74, 6) is 1.14. The van der Waals surface area contributed by atoms with Gasteiger partial charge in [0.05, 0.1) is 0 Å². The van der Waals surface area contributed by atoms with Gasteiger partial charge in [-0.2, -0.15) is 0 Å². The number of nitrogens with zero attached hydrogens (tertiary/aromatic N) is 5. The molecule has 1 radical (unpaired) electrons. The standard InChI is InChI=1S/C23H13BNS2.C11H7N4.Ir/c1-3-10-19-16(7-1)24-17-8-2-4-11-20(17)27-22-14-15(13-21(26-19)23(22)24)18-9-5-6-12-25-18;1-2-5-9-8(4-1)14-11(15-9)10-12-6-3-7-13-10;/h1-13H;1-7H;/q2*-1;. The fourth-order valence-corrected chi connectivity index (χ4v) is 7.82. The molecule has 0 saturated carbocycles. The van der Waals surface area contributed by atoms with Crippen molar-refractivity contribution in [1.29, 1.82) is 0 Å². The smallest absolute Gasteiger partial charge is 0.195 e. The van der Waals surface area contributed by atoms with Crippen molar-refractivity contribution in [1.82, 2.24) is 24.9 Å². The third kappa shape index (κ3) is 5.23. The van der Waals surface area contributed by atoms with Crippen LogP contribution in [0.1, 0.15) is 0 Å². The quantitative estimate of drug-likeness (QED) is 0.167. The number of fused-ring (bicyclic) bond motifs is 5. The second-order valence-electron chi connectivity index (χ2n) is 9.83. The second-order valence-corrected chi connectivity index (χ2v) is 12.0. The van der Waals surface area contributed by atoms with E-state index in [-0.39, 0.29) is 20.1 Å². The Kier molecular flexibility index (Phi) is 7.72. The molecule has 3 aromatic heterocycles. The van der Waals surface area contributed by atoms with Crippen LogP contribution in [0.2, 0.25) is 0 Å². The van der Waals surface area contributed by atoms with Gasteiger partial charge < -0.3 is 15.0 Å². The van der Waals surface area contributed by atoms with Crippen LogP contribution in [0, 0.1) is 6.07 Å². The van der Waals surface area contributed by atoms with Gasteiger partial charge in [-0.25, -0.2) is 9.97 Å². The van der Waals surface area contributed by atoms with Gasteiger partial charge in [0, 0.05) is 48.5 Å². The molecule has 0 bridgehead atoms. The van der Waals surface area contributed by atoms with E-state index in [2.05, 4.69) is 91.6 Å². The Hall–Kier alpha value is -4.01. The van der Waals surface area contributed by atoms with Crippen molar-refractivity contribution in [3.05, 3.63) is 128 Å². The van der Waals surface area contributed by atoms with Crippen LogP contribution >= 0.6 is 23.5 Å². The van der Waals surface area contributed by atoms with E-state index < -0.39 is 0 Å². The summed E-state index contributed by atoms with van der Waals surface area (Å²) in [6.07, 6.45) is 5.22. The van der Waals surface area contributed by atoms with Crippen LogP contribution in [0.3, 0.4) is 0 Å². The number of hydrogen-bond donors (Lipinski definition) is 0. The maximum atomic E-state index is 4.55. The largest absolute Gasteiger partial charge is 0.433 e. The summed E-state index contributed by atoms with van der Waals surface area (Å²) in [5, 5.41) is 0. The molecule has 43 heavy (non-hydrogen) atoms. The van der Waals surface area contributed by atoms with E-state index in [1.807, 2.05) is 66.1 Å². The number of benzene rings is 4. The maximum absolute atomic E-state index is 4.55. The fraction of sp³-hybridized carbons (Fsp3) is 0. The summed E-state index contributed by atoms with van der Waals surface area (Å²) in [6.45, 7) is 0.291. The zero-order chi connectivity index (χ0) is 27.9. The first kappa shape index (κ1) is 27.8. The second kappa shape index (κ2) is 11.9. The van der Waals surface area contributed by atoms with Crippen LogP contribution in [-0.2, 0) is 20.1 Å². The summed E-state index contributed by atoms with van der Waals surface area (Å²) in [6, 6.07) is 39.1. The molecular formula is C34H20BIrN5S2-2. The molecule has 0 N–H and O–H groups in total. The average Bonchev–Trinajstić information content (AvgIpc) is 3.50. The third-order valence-corrected chi connectivity index (χ3v) is 9.52. The zero-order valence-corrected chi connectivity index (χ0v) is 26.5. The molecule has 4 aromatic carbocycles. The van der Waals surface area contributed by atoms with Crippen molar-refractivity contribution in [2.75, 3.05) is 0 Å². The molecule has 2 aliphatic rings. The van der Waals surface area contributed by atoms with E-state index in [1.165, 1.54) is 36.0 Å². The van der Waals surface area contributed by atoms with Crippen LogP contribution in [0.4, 0.5) is 0 Å². The van der Waals surface area contributed by atoms with Crippen molar-refractivity contribution in [3.8, 4) is 22.9 Å². The van der Waals surface area contributed by atoms with E-state index >= 15 is 0 Å². The molecule has 0 atom stereocenters. The van der Waals surface area contributed by atoms with E-state index in [1.54, 1.807) is 18.5 Å². The van der Waals surface area contributed by atoms with Crippen molar-refractivity contribution < 1.29 is 20.1 Å². The first-order valence-electron chi connectivity index (χ1n) is 13.5. The van der Waals surface area contributed by atoms with E-state index in [9.17, 15) is 0 Å². The number of pyridine rings is 1. The number of imidazole rings is 1. The van der Waals surface area contributed by atoms with Gasteiger partial charge in [-0.15, -0.1) is 46.7 Å². The SMILES string of the molecule is [Ir].[c-]1c(-c2ccccn2)cc2c3c1Sc1ccccc1B3c1ccccc1S2.c1cnc(-c2nc3ccccc3[n-]2)nc1. The Bertz CT molecular complexity index is 1970. The Balaban J connectivity index is 0.000000160. The predicted octanol–water partition coefficient (Wildman–Crippen LogP) is 5.64. The van der Waals surface area contributed by atoms with E-state index in [0.717, 1.165) is 22.3 Å². The van der Waals surface area contributed by atoms with Gasteiger partial charge in [0.15, 0.2) is 12.5 Å². The average molecular weight is 766 g/mol. The summed E-state index contributed by atoms with van der Waals surface area (Å²) in [4.78, 5) is 26.7. The Morgan fingerprint density at radius 3 is 2.07 bits per heavy atom. The molecule has 2 aliphatic heterocycles. The van der Waals surface area contributed by atoms with Gasteiger partial charge in [0.2, 0.25) is 0 Å². The van der Waals surface area contributed by atoms with Crippen molar-refractivity contribution >= 4 is 57.7 Å². The summed E-state index contributed by atoms with van der Waals surface area (Å²) < 4.78 is 0. The molecule has 207 valence electrons. The molecule has 0 fully saturated rings. The molecule has 5 nitrogen and oxygen atoms in total. The third-order valence-electron chi connectivity index (χ3n) is 7.26. The van der Waals surface area contributed by atoms with Crippen molar-refractivity contribution in [2.45, 2.75) is 19.6 Å². The molecular weight excluding hydrogens is 746 g/mol. The summed E-state index contributed by atoms with van der Waals surface area (Å²) in [5.41, 5.74) is 8.02. The maximum Gasteiger partial charge on any atom is 0.195 e. The molecule has 5 heterocycles. The van der Waals surface area contributed by atoms with E-state index in [4.69, 9.17) is 0 Å². The topological polar surface area (TPSA) is 65.7 Å². The van der Waals surface area contributed by atoms with Gasteiger partial charge in [-0.05, 0) is 46.8 Å². The van der Waals surface area contributed by atoms with Crippen LogP contribution in [0.5, 0.6) is 0 Å². The monoisotopic (exact) mass is 766 g/mol. The molecule has 0 spiro atoms. The molecule has 0 amide bonds. The van der Waals surface area contributed by atoms with Gasteiger partial charge in [-0.1, -0.05) is 93.5 Å². The van der Waals surface area contributed by atoms with Crippen LogP contribution < -0.4 is 21.4 Å². The van der Waals surface area contributed by atoms with Gasteiger partial charge in [-0.3, -0.25) is 0 Å². The summed E-state index contributed by atoms with van der Waals surface area (Å²) >= 11 is 3.71. The zero-order valence-electron chi connectivity index (χ0n) is 22.5. The predicted molar refractivity (Wildman–Crippen MR) is 170 cm³/mol. The Morgan fingerprint density at radius 2 is 1.33 bits per heavy atom. The van der Waals surface area contributed by atoms with Crippen molar-refractivity contribution in [3.63, 3.8) is 0 Å². The van der Waals surface area contributed by atoms with Crippen LogP contribution in [0.25, 0.3) is 33.9 Å². The molecule has 0 unspecified atom stereocenters. The number of rotatable bonds is 2. The minimum absolute atomic E-state index is 0. The molecule has 7 aromatic rings. The number of para-hydroxylation sites is 2. The molecule has 9 heteroatoms. The first-order valence-corrected chi connectivity index (χ1v) is 15.2. The fourth-order valence-electron chi connectivity index (χ4n) is 5.40. The van der Waals surface area contributed by atoms with Gasteiger partial charge in [0.25, 0.3) is 0 Å². The van der Waals surface area contributed by atoms with Crippen molar-refractivity contribution in [2.24, 2.45) is 0 Å². The van der Waals surface area contributed by atoms with Gasteiger partial charge >= 0.3 is 0 Å². The first-order chi connectivity index (χ1) is 20.8. The number of aromatic nitrogens is 5. The Labute approximate surface area is 271 Å². The normalized spacial score (nSPS) is 12.2. The van der Waals surface area contributed by atoms with Crippen LogP contribution in [0.15, 0.2) is 141 Å². The molecule has 0 saturated heterocycles. The van der Waals surface area contributed by atoms with Crippen LogP contribution in [-0.4, -0.2) is 26.6 Å². The van der Waals surface area contributed by atoms with E-state index in [0.29, 0.717) is 18.4 Å². The van der Waals surface area contributed by atoms with Gasteiger partial charge in [0.1, 0.15) is 0 Å². The molecule has 0 aliphatic carbocycles. The summed E-state index contributed by atoms with van der Waals surface area (Å²) in [7, 11) is 0. The minimum atomic E-state index is 0. The Morgan fingerprint density at radius 1 is 0.651 bits per heavy atom. The minimum Gasteiger partial charge on any atom is -0.433 e.